The molecule has 1 saturated carbocycles. The van der Waals surface area contributed by atoms with Gasteiger partial charge in [-0.2, -0.15) is 0 Å². The number of aliphatic hydroxyl groups is 1. The molecule has 3 nitrogen and oxygen atoms in total. The summed E-state index contributed by atoms with van der Waals surface area (Å²) in [6.45, 7) is 2.75. The highest BCUT2D eigenvalue weighted by Crippen LogP contribution is 2.28. The van der Waals surface area contributed by atoms with E-state index in [1.807, 2.05) is 11.8 Å². The van der Waals surface area contributed by atoms with Gasteiger partial charge in [0.05, 0.1) is 11.6 Å². The zero-order chi connectivity index (χ0) is 14.5. The summed E-state index contributed by atoms with van der Waals surface area (Å²) >= 11 is 6.16. The topological polar surface area (TPSA) is 40.5 Å². The van der Waals surface area contributed by atoms with E-state index < -0.39 is 0 Å². The predicted octanol–water partition coefficient (Wildman–Crippen LogP) is 2.70. The Morgan fingerprint density at radius 2 is 2.25 bits per heavy atom. The van der Waals surface area contributed by atoms with Crippen molar-refractivity contribution in [3.8, 4) is 11.8 Å². The Bertz CT molecular complexity index is 555. The van der Waals surface area contributed by atoms with E-state index in [9.17, 15) is 4.79 Å². The first kappa shape index (κ1) is 14.9. The molecular formula is C16H18ClNO2. The lowest BCUT2D eigenvalue weighted by molar-refractivity contribution is 0.0752. The zero-order valence-corrected chi connectivity index (χ0v) is 12.3. The van der Waals surface area contributed by atoms with Gasteiger partial charge in [-0.1, -0.05) is 23.4 Å². The van der Waals surface area contributed by atoms with Crippen LogP contribution in [-0.2, 0) is 0 Å². The molecule has 0 spiro atoms. The second-order valence-electron chi connectivity index (χ2n) is 4.79. The number of halogens is 1. The number of aliphatic hydroxyl groups excluding tert-OH is 1. The van der Waals surface area contributed by atoms with Crippen LogP contribution in [0.1, 0.15) is 42.1 Å². The highest BCUT2D eigenvalue weighted by molar-refractivity contribution is 6.32. The fraction of sp³-hybridized carbons (Fsp3) is 0.438. The molecule has 2 rings (SSSR count). The minimum absolute atomic E-state index is 0.0340. The molecule has 0 unspecified atom stereocenters. The molecule has 0 aliphatic heterocycles. The molecule has 4 heteroatoms. The monoisotopic (exact) mass is 291 g/mol. The number of hydrogen-bond donors (Lipinski definition) is 1. The molecule has 1 aromatic carbocycles. The first-order valence-corrected chi connectivity index (χ1v) is 7.25. The number of rotatable bonds is 4. The number of nitrogens with zero attached hydrogens (tertiary/aromatic N) is 1. The van der Waals surface area contributed by atoms with Crippen LogP contribution in [0.4, 0.5) is 0 Å². The van der Waals surface area contributed by atoms with Gasteiger partial charge in [-0.15, -0.1) is 0 Å². The molecule has 0 atom stereocenters. The van der Waals surface area contributed by atoms with Gasteiger partial charge >= 0.3 is 0 Å². The van der Waals surface area contributed by atoms with Crippen molar-refractivity contribution < 1.29 is 9.90 Å². The second-order valence-corrected chi connectivity index (χ2v) is 5.20. The van der Waals surface area contributed by atoms with Crippen LogP contribution in [0.15, 0.2) is 18.2 Å². The minimum atomic E-state index is 0.0340. The van der Waals surface area contributed by atoms with E-state index >= 15 is 0 Å². The summed E-state index contributed by atoms with van der Waals surface area (Å²) in [5.41, 5.74) is 1.29. The van der Waals surface area contributed by atoms with Crippen molar-refractivity contribution in [2.75, 3.05) is 13.2 Å². The SMILES string of the molecule is CCN(C(=O)c1ccc(C#CCCO)c(Cl)c1)C1CC1. The molecule has 0 heterocycles. The number of amides is 1. The fourth-order valence-electron chi connectivity index (χ4n) is 2.08. The van der Waals surface area contributed by atoms with Gasteiger partial charge in [0, 0.05) is 30.1 Å². The Labute approximate surface area is 124 Å². The molecule has 106 valence electrons. The predicted molar refractivity (Wildman–Crippen MR) is 79.8 cm³/mol. The summed E-state index contributed by atoms with van der Waals surface area (Å²) in [5, 5.41) is 9.17. The Morgan fingerprint density at radius 3 is 2.80 bits per heavy atom. The number of hydrogen-bond acceptors (Lipinski definition) is 2. The second kappa shape index (κ2) is 6.78. The van der Waals surface area contributed by atoms with Crippen LogP contribution >= 0.6 is 11.6 Å². The van der Waals surface area contributed by atoms with E-state index in [1.165, 1.54) is 0 Å². The van der Waals surface area contributed by atoms with Gasteiger partial charge in [0.25, 0.3) is 5.91 Å². The quantitative estimate of drug-likeness (QED) is 0.867. The van der Waals surface area contributed by atoms with E-state index in [-0.39, 0.29) is 12.5 Å². The van der Waals surface area contributed by atoms with Gasteiger partial charge < -0.3 is 10.0 Å². The van der Waals surface area contributed by atoms with Gasteiger partial charge in [0.2, 0.25) is 0 Å². The lowest BCUT2D eigenvalue weighted by Crippen LogP contribution is -2.32. The molecule has 0 bridgehead atoms. The van der Waals surface area contributed by atoms with Crippen LogP contribution in [0.2, 0.25) is 5.02 Å². The zero-order valence-electron chi connectivity index (χ0n) is 11.5. The Balaban J connectivity index is 2.16. The Morgan fingerprint density at radius 1 is 1.50 bits per heavy atom. The molecule has 1 amide bonds. The maximum absolute atomic E-state index is 12.4. The van der Waals surface area contributed by atoms with Gasteiger partial charge in [0.1, 0.15) is 0 Å². The summed E-state index contributed by atoms with van der Waals surface area (Å²) in [4.78, 5) is 14.3. The first-order chi connectivity index (χ1) is 9.67. The smallest absolute Gasteiger partial charge is 0.254 e. The van der Waals surface area contributed by atoms with Gasteiger partial charge in [-0.3, -0.25) is 4.79 Å². The van der Waals surface area contributed by atoms with Crippen LogP contribution < -0.4 is 0 Å². The molecule has 1 N–H and O–H groups in total. The van der Waals surface area contributed by atoms with Crippen molar-refractivity contribution in [2.45, 2.75) is 32.2 Å². The van der Waals surface area contributed by atoms with Crippen LogP contribution in [0.3, 0.4) is 0 Å². The third-order valence-electron chi connectivity index (χ3n) is 3.27. The molecule has 0 radical (unpaired) electrons. The van der Waals surface area contributed by atoms with Crippen molar-refractivity contribution in [1.29, 1.82) is 0 Å². The Kier molecular flexibility index (Phi) is 5.05. The number of benzene rings is 1. The number of carbonyl (C=O) groups is 1. The third kappa shape index (κ3) is 3.53. The summed E-state index contributed by atoms with van der Waals surface area (Å²) in [5.74, 6) is 5.75. The summed E-state index contributed by atoms with van der Waals surface area (Å²) in [6.07, 6.45) is 2.61. The highest BCUT2D eigenvalue weighted by atomic mass is 35.5. The molecule has 1 aliphatic carbocycles. The molecule has 1 aromatic rings. The van der Waals surface area contributed by atoms with Crippen molar-refractivity contribution in [2.24, 2.45) is 0 Å². The summed E-state index contributed by atoms with van der Waals surface area (Å²) in [6, 6.07) is 5.61. The van der Waals surface area contributed by atoms with Gasteiger partial charge in [0.15, 0.2) is 0 Å². The van der Waals surface area contributed by atoms with E-state index in [4.69, 9.17) is 16.7 Å². The maximum atomic E-state index is 12.4. The van der Waals surface area contributed by atoms with Gasteiger partial charge in [-0.05, 0) is 38.0 Å². The third-order valence-corrected chi connectivity index (χ3v) is 3.58. The van der Waals surface area contributed by atoms with Crippen molar-refractivity contribution in [3.05, 3.63) is 34.3 Å². The van der Waals surface area contributed by atoms with E-state index in [0.29, 0.717) is 28.6 Å². The lowest BCUT2D eigenvalue weighted by Gasteiger charge is -2.20. The summed E-state index contributed by atoms with van der Waals surface area (Å²) in [7, 11) is 0. The Hall–Kier alpha value is -1.50. The van der Waals surface area contributed by atoms with Crippen molar-refractivity contribution in [1.82, 2.24) is 4.90 Å². The standard InChI is InChI=1S/C16H18ClNO2/c1-2-18(14-8-9-14)16(20)13-7-6-12(15(17)11-13)5-3-4-10-19/h6-7,11,14,19H,2,4,8-10H2,1H3. The van der Waals surface area contributed by atoms with E-state index in [2.05, 4.69) is 11.8 Å². The highest BCUT2D eigenvalue weighted by Gasteiger charge is 2.31. The average Bonchev–Trinajstić information content (AvgIpc) is 3.26. The van der Waals surface area contributed by atoms with E-state index in [1.54, 1.807) is 18.2 Å². The van der Waals surface area contributed by atoms with Gasteiger partial charge in [-0.25, -0.2) is 0 Å². The van der Waals surface area contributed by atoms with Crippen LogP contribution in [0, 0.1) is 11.8 Å². The first-order valence-electron chi connectivity index (χ1n) is 6.87. The average molecular weight is 292 g/mol. The van der Waals surface area contributed by atoms with Crippen molar-refractivity contribution in [3.63, 3.8) is 0 Å². The molecule has 1 fully saturated rings. The largest absolute Gasteiger partial charge is 0.395 e. The lowest BCUT2D eigenvalue weighted by atomic mass is 10.1. The normalized spacial score (nSPS) is 13.6. The molecule has 0 saturated heterocycles. The summed E-state index contributed by atoms with van der Waals surface area (Å²) < 4.78 is 0. The number of carbonyl (C=O) groups excluding carboxylic acids is 1. The molecule has 1 aliphatic rings. The van der Waals surface area contributed by atoms with Crippen LogP contribution in [0.25, 0.3) is 0 Å². The van der Waals surface area contributed by atoms with Crippen LogP contribution in [0.5, 0.6) is 0 Å². The van der Waals surface area contributed by atoms with Crippen molar-refractivity contribution >= 4 is 17.5 Å². The molecular weight excluding hydrogens is 274 g/mol. The fourth-order valence-corrected chi connectivity index (χ4v) is 2.31. The minimum Gasteiger partial charge on any atom is -0.395 e. The molecule has 0 aromatic heterocycles. The van der Waals surface area contributed by atoms with E-state index in [0.717, 1.165) is 19.4 Å². The maximum Gasteiger partial charge on any atom is 0.254 e. The molecule has 20 heavy (non-hydrogen) atoms. The van der Waals surface area contributed by atoms with Crippen LogP contribution in [-0.4, -0.2) is 35.1 Å².